The van der Waals surface area contributed by atoms with Gasteiger partial charge >= 0.3 is 5.97 Å². The Morgan fingerprint density at radius 1 is 1.44 bits per heavy atom. The van der Waals surface area contributed by atoms with Crippen LogP contribution in [0.5, 0.6) is 0 Å². The number of carbonyl (C=O) groups excluding carboxylic acids is 2. The van der Waals surface area contributed by atoms with E-state index in [4.69, 9.17) is 0 Å². The summed E-state index contributed by atoms with van der Waals surface area (Å²) in [6.07, 6.45) is 1.55. The molecule has 0 aliphatic rings. The molecule has 0 aromatic carbocycles. The first-order valence-electron chi connectivity index (χ1n) is 4.66. The number of aromatic nitrogens is 1. The van der Waals surface area contributed by atoms with E-state index in [9.17, 15) is 9.59 Å². The minimum Gasteiger partial charge on any atom is -0.468 e. The zero-order chi connectivity index (χ0) is 12.0. The Hall–Kier alpha value is -2.15. The zero-order valence-corrected chi connectivity index (χ0v) is 9.11. The van der Waals surface area contributed by atoms with Gasteiger partial charge in [-0.15, -0.1) is 0 Å². The van der Waals surface area contributed by atoms with Crippen LogP contribution in [0.3, 0.4) is 0 Å². The first kappa shape index (κ1) is 11.9. The maximum Gasteiger partial charge on any atom is 0.317 e. The van der Waals surface area contributed by atoms with E-state index in [1.54, 1.807) is 12.1 Å². The third-order valence-electron chi connectivity index (χ3n) is 1.82. The van der Waals surface area contributed by atoms with Gasteiger partial charge in [-0.1, -0.05) is 11.8 Å². The summed E-state index contributed by atoms with van der Waals surface area (Å²) < 4.78 is 4.44. The summed E-state index contributed by atoms with van der Waals surface area (Å²) >= 11 is 0. The summed E-state index contributed by atoms with van der Waals surface area (Å²) in [5.74, 6) is 4.94. The van der Waals surface area contributed by atoms with Gasteiger partial charge in [0.15, 0.2) is 5.78 Å². The second kappa shape index (κ2) is 5.66. The molecule has 0 saturated carbocycles. The van der Waals surface area contributed by atoms with Crippen LogP contribution in [-0.4, -0.2) is 23.8 Å². The van der Waals surface area contributed by atoms with E-state index in [0.29, 0.717) is 11.3 Å². The Bertz CT molecular complexity index is 451. The average Bonchev–Trinajstić information content (AvgIpc) is 2.29. The molecule has 0 radical (unpaired) electrons. The topological polar surface area (TPSA) is 56.3 Å². The lowest BCUT2D eigenvalue weighted by molar-refractivity contribution is -0.139. The number of hydrogen-bond donors (Lipinski definition) is 0. The van der Waals surface area contributed by atoms with Gasteiger partial charge in [0.05, 0.1) is 7.11 Å². The number of carbonyl (C=O) groups is 2. The maximum atomic E-state index is 10.9. The molecule has 0 aliphatic carbocycles. The van der Waals surface area contributed by atoms with Crippen molar-refractivity contribution in [2.24, 2.45) is 0 Å². The molecule has 82 valence electrons. The number of ketones is 1. The van der Waals surface area contributed by atoms with Crippen LogP contribution in [-0.2, 0) is 9.53 Å². The van der Waals surface area contributed by atoms with Gasteiger partial charge in [0.2, 0.25) is 0 Å². The van der Waals surface area contributed by atoms with Crippen LogP contribution in [0.4, 0.5) is 0 Å². The van der Waals surface area contributed by atoms with Gasteiger partial charge in [-0.05, 0) is 12.1 Å². The number of hydrogen-bond acceptors (Lipinski definition) is 4. The number of Topliss-reactive ketones (excluding diaryl/α,β-unsaturated/α-hetero) is 1. The molecular formula is C12H11NO3. The van der Waals surface area contributed by atoms with Crippen LogP contribution in [0, 0.1) is 11.8 Å². The highest BCUT2D eigenvalue weighted by Gasteiger charge is 1.99. The van der Waals surface area contributed by atoms with E-state index < -0.39 is 0 Å². The van der Waals surface area contributed by atoms with E-state index in [0.717, 1.165) is 0 Å². The zero-order valence-electron chi connectivity index (χ0n) is 9.11. The van der Waals surface area contributed by atoms with Crippen molar-refractivity contribution in [2.45, 2.75) is 13.3 Å². The predicted octanol–water partition coefficient (Wildman–Crippen LogP) is 1.20. The van der Waals surface area contributed by atoms with Crippen LogP contribution in [0.25, 0.3) is 0 Å². The van der Waals surface area contributed by atoms with E-state index in [1.165, 1.54) is 20.2 Å². The average molecular weight is 217 g/mol. The van der Waals surface area contributed by atoms with Crippen LogP contribution in [0.1, 0.15) is 29.4 Å². The molecule has 4 heteroatoms. The fourth-order valence-electron chi connectivity index (χ4n) is 0.967. The van der Waals surface area contributed by atoms with Crippen molar-refractivity contribution >= 4 is 11.8 Å². The molecule has 0 unspecified atom stereocenters. The van der Waals surface area contributed by atoms with Crippen LogP contribution in [0.2, 0.25) is 0 Å². The SMILES string of the molecule is COC(=O)CC#Cc1ccc(C(C)=O)nc1. The molecule has 1 heterocycles. The van der Waals surface area contributed by atoms with E-state index >= 15 is 0 Å². The number of esters is 1. The van der Waals surface area contributed by atoms with Gasteiger partial charge in [0, 0.05) is 18.7 Å². The van der Waals surface area contributed by atoms with Gasteiger partial charge in [0.1, 0.15) is 12.1 Å². The van der Waals surface area contributed by atoms with Crippen molar-refractivity contribution in [3.05, 3.63) is 29.6 Å². The standard InChI is InChI=1S/C12H11NO3/c1-9(14)11-7-6-10(8-13-11)4-3-5-12(15)16-2/h6-8H,5H2,1-2H3. The lowest BCUT2D eigenvalue weighted by atomic mass is 10.2. The molecule has 0 atom stereocenters. The molecule has 0 fully saturated rings. The van der Waals surface area contributed by atoms with Crippen LogP contribution < -0.4 is 0 Å². The van der Waals surface area contributed by atoms with Gasteiger partial charge in [0.25, 0.3) is 0 Å². The molecule has 0 saturated heterocycles. The van der Waals surface area contributed by atoms with Crippen LogP contribution in [0.15, 0.2) is 18.3 Å². The Kier molecular flexibility index (Phi) is 4.22. The Morgan fingerprint density at radius 3 is 2.69 bits per heavy atom. The normalized spacial score (nSPS) is 8.88. The molecule has 0 bridgehead atoms. The van der Waals surface area contributed by atoms with E-state index in [-0.39, 0.29) is 18.2 Å². The third kappa shape index (κ3) is 3.54. The molecule has 0 amide bonds. The highest BCUT2D eigenvalue weighted by Crippen LogP contribution is 1.99. The van der Waals surface area contributed by atoms with Crippen molar-refractivity contribution in [1.82, 2.24) is 4.98 Å². The van der Waals surface area contributed by atoms with Crippen molar-refractivity contribution in [1.29, 1.82) is 0 Å². The lowest BCUT2D eigenvalue weighted by Crippen LogP contribution is -1.97. The van der Waals surface area contributed by atoms with E-state index in [2.05, 4.69) is 21.6 Å². The summed E-state index contributed by atoms with van der Waals surface area (Å²) in [6, 6.07) is 3.29. The molecule has 0 spiro atoms. The second-order valence-corrected chi connectivity index (χ2v) is 3.04. The lowest BCUT2D eigenvalue weighted by Gasteiger charge is -1.93. The first-order chi connectivity index (χ1) is 7.63. The highest BCUT2D eigenvalue weighted by molar-refractivity contribution is 5.92. The minimum atomic E-state index is -0.374. The quantitative estimate of drug-likeness (QED) is 0.424. The predicted molar refractivity (Wildman–Crippen MR) is 57.8 cm³/mol. The Labute approximate surface area is 93.6 Å². The molecular weight excluding hydrogens is 206 g/mol. The smallest absolute Gasteiger partial charge is 0.317 e. The number of ether oxygens (including phenoxy) is 1. The molecule has 4 nitrogen and oxygen atoms in total. The Balaban J connectivity index is 2.68. The van der Waals surface area contributed by atoms with Crippen LogP contribution >= 0.6 is 0 Å². The first-order valence-corrected chi connectivity index (χ1v) is 4.66. The number of nitrogens with zero attached hydrogens (tertiary/aromatic N) is 1. The highest BCUT2D eigenvalue weighted by atomic mass is 16.5. The minimum absolute atomic E-state index is 0.0466. The summed E-state index contributed by atoms with van der Waals surface area (Å²) in [5.41, 5.74) is 1.06. The maximum absolute atomic E-state index is 10.9. The summed E-state index contributed by atoms with van der Waals surface area (Å²) in [5, 5.41) is 0. The summed E-state index contributed by atoms with van der Waals surface area (Å²) in [6.45, 7) is 1.45. The van der Waals surface area contributed by atoms with Crippen molar-refractivity contribution in [3.63, 3.8) is 0 Å². The Morgan fingerprint density at radius 2 is 2.19 bits per heavy atom. The van der Waals surface area contributed by atoms with Gasteiger partial charge in [-0.2, -0.15) is 0 Å². The number of pyridine rings is 1. The van der Waals surface area contributed by atoms with Crippen molar-refractivity contribution in [2.75, 3.05) is 7.11 Å². The molecule has 0 N–H and O–H groups in total. The molecule has 0 aliphatic heterocycles. The molecule has 16 heavy (non-hydrogen) atoms. The molecule has 1 aromatic rings. The van der Waals surface area contributed by atoms with Crippen molar-refractivity contribution < 1.29 is 14.3 Å². The largest absolute Gasteiger partial charge is 0.468 e. The van der Waals surface area contributed by atoms with Gasteiger partial charge in [-0.25, -0.2) is 0 Å². The summed E-state index contributed by atoms with van der Waals surface area (Å²) in [7, 11) is 1.31. The molecule has 1 aromatic heterocycles. The fraction of sp³-hybridized carbons (Fsp3) is 0.250. The summed E-state index contributed by atoms with van der Waals surface area (Å²) in [4.78, 5) is 25.6. The van der Waals surface area contributed by atoms with Crippen molar-refractivity contribution in [3.8, 4) is 11.8 Å². The number of rotatable bonds is 2. The third-order valence-corrected chi connectivity index (χ3v) is 1.82. The fourth-order valence-corrected chi connectivity index (χ4v) is 0.967. The second-order valence-electron chi connectivity index (χ2n) is 3.04. The van der Waals surface area contributed by atoms with E-state index in [1.807, 2.05) is 0 Å². The van der Waals surface area contributed by atoms with Gasteiger partial charge in [-0.3, -0.25) is 14.6 Å². The monoisotopic (exact) mass is 217 g/mol. The molecule has 1 rings (SSSR count). The number of methoxy groups -OCH3 is 1. The van der Waals surface area contributed by atoms with Gasteiger partial charge < -0.3 is 4.74 Å².